The van der Waals surface area contributed by atoms with Crippen molar-refractivity contribution in [2.24, 2.45) is 5.92 Å². The zero-order valence-electron chi connectivity index (χ0n) is 21.0. The van der Waals surface area contributed by atoms with Crippen molar-refractivity contribution >= 4 is 61.9 Å². The summed E-state index contributed by atoms with van der Waals surface area (Å²) in [6.07, 6.45) is 5.83. The Morgan fingerprint density at radius 3 is 2.59 bits per heavy atom. The van der Waals surface area contributed by atoms with Gasteiger partial charge in [-0.3, -0.25) is 4.98 Å². The molecule has 0 aliphatic heterocycles. The molecule has 2 heterocycles. The molecule has 0 bridgehead atoms. The summed E-state index contributed by atoms with van der Waals surface area (Å²) >= 11 is 13.9. The van der Waals surface area contributed by atoms with Gasteiger partial charge in [-0.1, -0.05) is 39.9 Å². The fourth-order valence-corrected chi connectivity index (χ4v) is 5.50. The summed E-state index contributed by atoms with van der Waals surface area (Å²) < 4.78 is 45.7. The number of thiophene rings is 1. The molecule has 0 amide bonds. The second-order valence-electron chi connectivity index (χ2n) is 8.81. The highest BCUT2D eigenvalue weighted by Gasteiger charge is 2.27. The molecule has 0 spiro atoms. The van der Waals surface area contributed by atoms with E-state index in [9.17, 15) is 18.7 Å². The van der Waals surface area contributed by atoms with Crippen LogP contribution in [0.1, 0.15) is 46.7 Å². The lowest BCUT2D eigenvalue weighted by molar-refractivity contribution is -0.0515. The molecule has 0 radical (unpaired) electrons. The van der Waals surface area contributed by atoms with Gasteiger partial charge in [-0.25, -0.2) is 4.79 Å². The summed E-state index contributed by atoms with van der Waals surface area (Å²) in [7, 11) is -0.689. The van der Waals surface area contributed by atoms with Gasteiger partial charge in [0.25, 0.3) is 0 Å². The molecule has 2 aromatic heterocycles. The van der Waals surface area contributed by atoms with E-state index in [1.54, 1.807) is 24.6 Å². The molecule has 1 aliphatic rings. The number of halogens is 4. The zero-order valence-corrected chi connectivity index (χ0v) is 24.1. The highest BCUT2D eigenvalue weighted by atomic mass is 35.5. The van der Waals surface area contributed by atoms with E-state index in [1.807, 2.05) is 0 Å². The van der Waals surface area contributed by atoms with Gasteiger partial charge in [0.1, 0.15) is 11.0 Å². The highest BCUT2D eigenvalue weighted by Crippen LogP contribution is 2.39. The molecule has 4 rings (SSSR count). The highest BCUT2D eigenvalue weighted by molar-refractivity contribution is 8.16. The van der Waals surface area contributed by atoms with E-state index in [0.717, 1.165) is 12.8 Å². The van der Waals surface area contributed by atoms with Crippen molar-refractivity contribution in [3.05, 3.63) is 68.1 Å². The number of carbonyl (C=O) groups is 1. The fourth-order valence-electron chi connectivity index (χ4n) is 3.54. The Kier molecular flexibility index (Phi) is 10.1. The van der Waals surface area contributed by atoms with Crippen molar-refractivity contribution in [3.63, 3.8) is 0 Å². The predicted octanol–water partition coefficient (Wildman–Crippen LogP) is 7.91. The molecular formula is C26H26Cl2F2N2O5S2. The van der Waals surface area contributed by atoms with Crippen LogP contribution in [0.15, 0.2) is 42.0 Å². The number of rotatable bonds is 12. The normalized spacial score (nSPS) is 15.0. The number of benzene rings is 1. The maximum absolute atomic E-state index is 13.4. The minimum Gasteiger partial charge on any atom is -0.489 e. The van der Waals surface area contributed by atoms with E-state index in [4.69, 9.17) is 32.7 Å². The number of alkyl halides is 2. The molecule has 1 saturated carbocycles. The molecule has 2 N–H and O–H groups in total. The minimum atomic E-state index is -3.03. The first-order valence-electron chi connectivity index (χ1n) is 11.8. The van der Waals surface area contributed by atoms with Crippen molar-refractivity contribution in [1.29, 1.82) is 0 Å². The first kappa shape index (κ1) is 29.5. The smallest absolute Gasteiger partial charge is 0.387 e. The van der Waals surface area contributed by atoms with Gasteiger partial charge in [0.2, 0.25) is 0 Å². The molecular weight excluding hydrogens is 593 g/mol. The van der Waals surface area contributed by atoms with Crippen molar-refractivity contribution in [1.82, 2.24) is 4.98 Å². The summed E-state index contributed by atoms with van der Waals surface area (Å²) in [4.78, 5) is 17.7. The molecule has 1 unspecified atom stereocenters. The van der Waals surface area contributed by atoms with Gasteiger partial charge >= 0.3 is 12.6 Å². The lowest BCUT2D eigenvalue weighted by Crippen LogP contribution is -2.15. The Labute approximate surface area is 241 Å². The second kappa shape index (κ2) is 13.3. The second-order valence-corrected chi connectivity index (χ2v) is 12.4. The van der Waals surface area contributed by atoms with E-state index in [1.165, 1.54) is 41.9 Å². The van der Waals surface area contributed by atoms with Crippen LogP contribution in [0.3, 0.4) is 0 Å². The molecule has 39 heavy (non-hydrogen) atoms. The summed E-state index contributed by atoms with van der Waals surface area (Å²) in [5, 5.41) is 12.3. The van der Waals surface area contributed by atoms with Crippen LogP contribution in [0.4, 0.5) is 14.5 Å². The van der Waals surface area contributed by atoms with Gasteiger partial charge < -0.3 is 24.0 Å². The summed E-state index contributed by atoms with van der Waals surface area (Å²) in [5.74, 6) is -0.256. The van der Waals surface area contributed by atoms with Crippen molar-refractivity contribution in [2.45, 2.75) is 38.9 Å². The first-order valence-corrected chi connectivity index (χ1v) is 15.1. The summed E-state index contributed by atoms with van der Waals surface area (Å²) in [5.41, 5.74) is 1.49. The van der Waals surface area contributed by atoms with Crippen LogP contribution in [0.2, 0.25) is 10.0 Å². The number of aliphatic hydroxyl groups excluding tert-OH is 1. The Balaban J connectivity index is 1.68. The molecule has 2 atom stereocenters. The Bertz CT molecular complexity index is 1340. The number of carbonyl (C=O) groups excluding carboxylic acids is 1. The van der Waals surface area contributed by atoms with Crippen LogP contribution in [0.25, 0.3) is 0 Å². The Hall–Kier alpha value is -2.44. The van der Waals surface area contributed by atoms with E-state index < -0.39 is 29.4 Å². The molecule has 13 heteroatoms. The van der Waals surface area contributed by atoms with E-state index in [2.05, 4.69) is 14.4 Å². The van der Waals surface area contributed by atoms with Gasteiger partial charge in [-0.2, -0.15) is 8.78 Å². The summed E-state index contributed by atoms with van der Waals surface area (Å²) in [6.45, 7) is -1.10. The molecule has 1 aliphatic carbocycles. The van der Waals surface area contributed by atoms with E-state index in [0.29, 0.717) is 34.2 Å². The number of aliphatic hydroxyl groups is 1. The third-order valence-corrected chi connectivity index (χ3v) is 8.83. The maximum atomic E-state index is 13.4. The van der Waals surface area contributed by atoms with Crippen LogP contribution in [-0.4, -0.2) is 40.6 Å². The third-order valence-electron chi connectivity index (χ3n) is 5.88. The third kappa shape index (κ3) is 8.04. The van der Waals surface area contributed by atoms with Crippen LogP contribution in [-0.2, 0) is 11.2 Å². The van der Waals surface area contributed by atoms with Crippen LogP contribution < -0.4 is 14.2 Å². The fraction of sp³-hybridized carbons (Fsp3) is 0.346. The number of pyridine rings is 1. The summed E-state index contributed by atoms with van der Waals surface area (Å²) in [6, 6.07) is 6.15. The van der Waals surface area contributed by atoms with Crippen molar-refractivity contribution in [2.75, 3.05) is 17.6 Å². The number of ether oxygens (including phenoxy) is 3. The van der Waals surface area contributed by atoms with Crippen molar-refractivity contribution in [3.8, 4) is 11.5 Å². The molecule has 7 nitrogen and oxygen atoms in total. The van der Waals surface area contributed by atoms with Crippen molar-refractivity contribution < 1.29 is 32.9 Å². The zero-order chi connectivity index (χ0) is 28.1. The van der Waals surface area contributed by atoms with E-state index in [-0.39, 0.29) is 33.0 Å². The average Bonchev–Trinajstić information content (AvgIpc) is 3.60. The topological polar surface area (TPSA) is 89.9 Å². The minimum absolute atomic E-state index is 0.0822. The molecule has 1 aromatic carbocycles. The predicted molar refractivity (Wildman–Crippen MR) is 152 cm³/mol. The largest absolute Gasteiger partial charge is 0.489 e. The van der Waals surface area contributed by atoms with Gasteiger partial charge in [-0.15, -0.1) is 11.3 Å². The van der Waals surface area contributed by atoms with E-state index >= 15 is 0 Å². The van der Waals surface area contributed by atoms with Crippen LogP contribution in [0.5, 0.6) is 11.5 Å². The molecule has 1 fully saturated rings. The number of anilines is 1. The lowest BCUT2D eigenvalue weighted by atomic mass is 10.0. The number of nitrogens with zero attached hydrogens (tertiary/aromatic N) is 1. The Morgan fingerprint density at radius 1 is 1.23 bits per heavy atom. The quantitative estimate of drug-likeness (QED) is 0.157. The monoisotopic (exact) mass is 618 g/mol. The standard InChI is InChI=1S/C26H26Cl2F2N2O5S2/c1-14(33)39(2)32-20-7-8-38-24(20)25(34)36-22(10-17-18(27)11-31-12-19(17)28)16-5-6-21(37-26(29)30)23(9-16)35-13-15-3-4-15/h5-9,11-12,15,22,26,32-33H,3-4,10,13H2,1-2H3/t22-,39?/m0/s1. The SMILES string of the molecule is C/C(O)=S(\C)Nc1ccsc1C(=O)O[C@@H](Cc1c(Cl)cncc1Cl)c1ccc(OC(F)F)c(OCC2CC2)c1. The number of hydrogen-bond donors (Lipinski definition) is 2. The molecule has 0 saturated heterocycles. The first-order chi connectivity index (χ1) is 18.6. The number of hydrogen-bond acceptors (Lipinski definition) is 7. The number of nitrogens with one attached hydrogen (secondary N) is 1. The van der Waals surface area contributed by atoms with Crippen LogP contribution >= 0.6 is 45.2 Å². The van der Waals surface area contributed by atoms with Gasteiger partial charge in [0.05, 0.1) is 27.4 Å². The maximum Gasteiger partial charge on any atom is 0.387 e. The number of aromatic nitrogens is 1. The number of esters is 1. The molecule has 210 valence electrons. The van der Waals surface area contributed by atoms with Gasteiger partial charge in [0, 0.05) is 18.8 Å². The van der Waals surface area contributed by atoms with Gasteiger partial charge in [0.15, 0.2) is 11.5 Å². The van der Waals surface area contributed by atoms with Crippen LogP contribution in [0, 0.1) is 5.92 Å². The van der Waals surface area contributed by atoms with Gasteiger partial charge in [-0.05, 0) is 66.6 Å². The molecule has 3 aromatic rings. The lowest BCUT2D eigenvalue weighted by Gasteiger charge is -2.22. The Morgan fingerprint density at radius 2 is 1.95 bits per heavy atom. The average molecular weight is 620 g/mol.